The Balaban J connectivity index is 1.92. The SMILES string of the molecule is Cc1nc(C(C)C)sc1C(=O)NCCn1ccnc1. The molecule has 5 nitrogen and oxygen atoms in total. The van der Waals surface area contributed by atoms with Gasteiger partial charge < -0.3 is 9.88 Å². The van der Waals surface area contributed by atoms with Crippen molar-refractivity contribution in [3.8, 4) is 0 Å². The van der Waals surface area contributed by atoms with Crippen molar-refractivity contribution < 1.29 is 4.79 Å². The van der Waals surface area contributed by atoms with Crippen LogP contribution in [0.1, 0.15) is 40.1 Å². The number of aryl methyl sites for hydroxylation is 1. The maximum atomic E-state index is 12.1. The first kappa shape index (κ1) is 13.7. The second-order valence-corrected chi connectivity index (χ2v) is 5.71. The molecule has 0 spiro atoms. The number of amides is 1. The summed E-state index contributed by atoms with van der Waals surface area (Å²) in [6.45, 7) is 7.36. The van der Waals surface area contributed by atoms with E-state index in [9.17, 15) is 4.79 Å². The summed E-state index contributed by atoms with van der Waals surface area (Å²) in [5.41, 5.74) is 0.814. The van der Waals surface area contributed by atoms with E-state index < -0.39 is 0 Å². The van der Waals surface area contributed by atoms with Gasteiger partial charge in [0.2, 0.25) is 0 Å². The lowest BCUT2D eigenvalue weighted by Crippen LogP contribution is -2.26. The van der Waals surface area contributed by atoms with Crippen molar-refractivity contribution in [2.75, 3.05) is 6.54 Å². The molecule has 0 fully saturated rings. The number of carbonyl (C=O) groups is 1. The summed E-state index contributed by atoms with van der Waals surface area (Å²) in [5.74, 6) is 0.318. The molecule has 0 aliphatic heterocycles. The van der Waals surface area contributed by atoms with Crippen LogP contribution in [0.5, 0.6) is 0 Å². The van der Waals surface area contributed by atoms with Gasteiger partial charge in [-0.15, -0.1) is 11.3 Å². The number of hydrogen-bond acceptors (Lipinski definition) is 4. The molecule has 2 aromatic heterocycles. The highest BCUT2D eigenvalue weighted by atomic mass is 32.1. The third-order valence-electron chi connectivity index (χ3n) is 2.73. The Morgan fingerprint density at radius 2 is 2.32 bits per heavy atom. The Hall–Kier alpha value is -1.69. The zero-order chi connectivity index (χ0) is 13.8. The molecule has 2 aromatic rings. The molecule has 2 heterocycles. The molecule has 19 heavy (non-hydrogen) atoms. The first-order chi connectivity index (χ1) is 9.08. The van der Waals surface area contributed by atoms with Crippen LogP contribution in [0, 0.1) is 6.92 Å². The van der Waals surface area contributed by atoms with Crippen molar-refractivity contribution in [2.45, 2.75) is 33.2 Å². The van der Waals surface area contributed by atoms with E-state index in [4.69, 9.17) is 0 Å². The second kappa shape index (κ2) is 5.97. The quantitative estimate of drug-likeness (QED) is 0.912. The standard InChI is InChI=1S/C13H18N4OS/c1-9(2)13-16-10(3)11(19-13)12(18)15-5-7-17-6-4-14-8-17/h4,6,8-9H,5,7H2,1-3H3,(H,15,18). The van der Waals surface area contributed by atoms with Gasteiger partial charge in [-0.1, -0.05) is 13.8 Å². The fourth-order valence-corrected chi connectivity index (χ4v) is 2.66. The maximum Gasteiger partial charge on any atom is 0.263 e. The third kappa shape index (κ3) is 3.41. The monoisotopic (exact) mass is 278 g/mol. The molecule has 0 unspecified atom stereocenters. The van der Waals surface area contributed by atoms with Crippen molar-refractivity contribution in [1.29, 1.82) is 0 Å². The molecular formula is C13H18N4OS. The highest BCUT2D eigenvalue weighted by Crippen LogP contribution is 2.24. The van der Waals surface area contributed by atoms with Gasteiger partial charge in [-0.05, 0) is 6.92 Å². The van der Waals surface area contributed by atoms with Crippen LogP contribution in [0.15, 0.2) is 18.7 Å². The lowest BCUT2D eigenvalue weighted by molar-refractivity contribution is 0.0955. The smallest absolute Gasteiger partial charge is 0.263 e. The van der Waals surface area contributed by atoms with Crippen LogP contribution in [-0.4, -0.2) is 27.0 Å². The Kier molecular flexibility index (Phi) is 4.31. The molecule has 1 amide bonds. The Labute approximate surface area is 116 Å². The topological polar surface area (TPSA) is 59.8 Å². The summed E-state index contributed by atoms with van der Waals surface area (Å²) in [6.07, 6.45) is 5.34. The number of nitrogens with one attached hydrogen (secondary N) is 1. The lowest BCUT2D eigenvalue weighted by atomic mass is 10.2. The summed E-state index contributed by atoms with van der Waals surface area (Å²) in [7, 11) is 0. The summed E-state index contributed by atoms with van der Waals surface area (Å²) < 4.78 is 1.93. The predicted molar refractivity (Wildman–Crippen MR) is 75.5 cm³/mol. The van der Waals surface area contributed by atoms with E-state index in [0.29, 0.717) is 17.3 Å². The Morgan fingerprint density at radius 1 is 1.53 bits per heavy atom. The number of hydrogen-bond donors (Lipinski definition) is 1. The Morgan fingerprint density at radius 3 is 2.89 bits per heavy atom. The molecule has 6 heteroatoms. The van der Waals surface area contributed by atoms with Gasteiger partial charge in [-0.2, -0.15) is 0 Å². The highest BCUT2D eigenvalue weighted by molar-refractivity contribution is 7.13. The van der Waals surface area contributed by atoms with Crippen molar-refractivity contribution in [3.05, 3.63) is 34.3 Å². The molecule has 0 radical (unpaired) electrons. The van der Waals surface area contributed by atoms with Gasteiger partial charge in [-0.3, -0.25) is 4.79 Å². The maximum absolute atomic E-state index is 12.1. The van der Waals surface area contributed by atoms with E-state index >= 15 is 0 Å². The molecule has 2 rings (SSSR count). The van der Waals surface area contributed by atoms with Gasteiger partial charge in [0.05, 0.1) is 17.0 Å². The first-order valence-corrected chi connectivity index (χ1v) is 7.11. The zero-order valence-corrected chi connectivity index (χ0v) is 12.2. The van der Waals surface area contributed by atoms with Gasteiger partial charge in [0.1, 0.15) is 4.88 Å². The van der Waals surface area contributed by atoms with Gasteiger partial charge in [0.25, 0.3) is 5.91 Å². The molecular weight excluding hydrogens is 260 g/mol. The molecule has 0 atom stereocenters. The summed E-state index contributed by atoms with van der Waals surface area (Å²) in [5, 5.41) is 3.92. The summed E-state index contributed by atoms with van der Waals surface area (Å²) in [6, 6.07) is 0. The molecule has 102 valence electrons. The van der Waals surface area contributed by atoms with E-state index in [1.807, 2.05) is 17.7 Å². The number of imidazole rings is 1. The molecule has 0 saturated heterocycles. The van der Waals surface area contributed by atoms with Gasteiger partial charge in [-0.25, -0.2) is 9.97 Å². The van der Waals surface area contributed by atoms with Crippen LogP contribution in [0.3, 0.4) is 0 Å². The second-order valence-electron chi connectivity index (χ2n) is 4.68. The van der Waals surface area contributed by atoms with Crippen LogP contribution in [-0.2, 0) is 6.54 Å². The van der Waals surface area contributed by atoms with Crippen molar-refractivity contribution in [3.63, 3.8) is 0 Å². The van der Waals surface area contributed by atoms with Crippen LogP contribution >= 0.6 is 11.3 Å². The Bertz CT molecular complexity index is 545. The van der Waals surface area contributed by atoms with Gasteiger partial charge in [0, 0.05) is 31.4 Å². The number of rotatable bonds is 5. The number of aromatic nitrogens is 3. The molecule has 0 aliphatic rings. The number of nitrogens with zero attached hydrogens (tertiary/aromatic N) is 3. The fraction of sp³-hybridized carbons (Fsp3) is 0.462. The van der Waals surface area contributed by atoms with Crippen molar-refractivity contribution in [1.82, 2.24) is 19.9 Å². The average Bonchev–Trinajstić information content (AvgIpc) is 2.98. The molecule has 0 saturated carbocycles. The number of thiazole rings is 1. The zero-order valence-electron chi connectivity index (χ0n) is 11.4. The van der Waals surface area contributed by atoms with Crippen LogP contribution in [0.2, 0.25) is 0 Å². The van der Waals surface area contributed by atoms with Crippen molar-refractivity contribution >= 4 is 17.2 Å². The van der Waals surface area contributed by atoms with E-state index in [1.165, 1.54) is 11.3 Å². The normalized spacial score (nSPS) is 10.9. The van der Waals surface area contributed by atoms with E-state index in [1.54, 1.807) is 12.5 Å². The first-order valence-electron chi connectivity index (χ1n) is 6.29. The van der Waals surface area contributed by atoms with E-state index in [-0.39, 0.29) is 5.91 Å². The third-order valence-corrected chi connectivity index (χ3v) is 4.18. The highest BCUT2D eigenvalue weighted by Gasteiger charge is 2.16. The minimum atomic E-state index is -0.0398. The van der Waals surface area contributed by atoms with Crippen LogP contribution in [0.4, 0.5) is 0 Å². The minimum absolute atomic E-state index is 0.0398. The van der Waals surface area contributed by atoms with Crippen LogP contribution < -0.4 is 5.32 Å². The van der Waals surface area contributed by atoms with E-state index in [2.05, 4.69) is 29.1 Å². The summed E-state index contributed by atoms with van der Waals surface area (Å²) in [4.78, 5) is 21.2. The largest absolute Gasteiger partial charge is 0.349 e. The lowest BCUT2D eigenvalue weighted by Gasteiger charge is -2.04. The van der Waals surface area contributed by atoms with E-state index in [0.717, 1.165) is 17.2 Å². The molecule has 0 aromatic carbocycles. The van der Waals surface area contributed by atoms with Gasteiger partial charge >= 0.3 is 0 Å². The molecule has 0 bridgehead atoms. The summed E-state index contributed by atoms with van der Waals surface area (Å²) >= 11 is 1.48. The molecule has 0 aliphatic carbocycles. The van der Waals surface area contributed by atoms with Gasteiger partial charge in [0.15, 0.2) is 0 Å². The van der Waals surface area contributed by atoms with Crippen molar-refractivity contribution in [2.24, 2.45) is 0 Å². The minimum Gasteiger partial charge on any atom is -0.349 e. The predicted octanol–water partition coefficient (Wildman–Crippen LogP) is 2.20. The average molecular weight is 278 g/mol. The number of carbonyl (C=O) groups excluding carboxylic acids is 1. The fourth-order valence-electron chi connectivity index (χ4n) is 1.67. The molecule has 1 N–H and O–H groups in total. The van der Waals surface area contributed by atoms with Crippen LogP contribution in [0.25, 0.3) is 0 Å².